The average molecular weight is 384 g/mol. The highest BCUT2D eigenvalue weighted by Gasteiger charge is 2.49. The molecule has 3 unspecified atom stereocenters. The van der Waals surface area contributed by atoms with Crippen molar-refractivity contribution in [1.29, 1.82) is 0 Å². The lowest BCUT2D eigenvalue weighted by Gasteiger charge is -2.38. The molecular weight excluding hydrogens is 356 g/mol. The monoisotopic (exact) mass is 384 g/mol. The zero-order valence-corrected chi connectivity index (χ0v) is 16.1. The highest BCUT2D eigenvalue weighted by atomic mass is 16.4. The summed E-state index contributed by atoms with van der Waals surface area (Å²) in [5.74, 6) is -0.725. The first-order valence-electron chi connectivity index (χ1n) is 10.5. The van der Waals surface area contributed by atoms with Crippen LogP contribution in [0.25, 0.3) is 0 Å². The van der Waals surface area contributed by atoms with E-state index in [2.05, 4.69) is 0 Å². The fourth-order valence-electron chi connectivity index (χ4n) is 5.30. The SMILES string of the molecule is O=C(O)C1CC2CCCCC2N1C(=O)C1CCN(C(=O)c2ccccc2)CC1. The number of likely N-dealkylation sites (tertiary alicyclic amines) is 2. The molecule has 1 aliphatic carbocycles. The van der Waals surface area contributed by atoms with Gasteiger partial charge in [0.25, 0.3) is 5.91 Å². The number of carboxylic acid groups (broad SMARTS) is 1. The van der Waals surface area contributed by atoms with Crippen LogP contribution in [-0.4, -0.2) is 57.9 Å². The first-order chi connectivity index (χ1) is 13.6. The number of carboxylic acids is 1. The van der Waals surface area contributed by atoms with E-state index < -0.39 is 12.0 Å². The van der Waals surface area contributed by atoms with Gasteiger partial charge in [-0.3, -0.25) is 9.59 Å². The molecule has 0 spiro atoms. The Labute approximate surface area is 165 Å². The van der Waals surface area contributed by atoms with E-state index in [1.807, 2.05) is 30.3 Å². The van der Waals surface area contributed by atoms with Crippen molar-refractivity contribution in [3.8, 4) is 0 Å². The van der Waals surface area contributed by atoms with Gasteiger partial charge in [-0.1, -0.05) is 31.0 Å². The van der Waals surface area contributed by atoms with E-state index in [9.17, 15) is 19.5 Å². The minimum atomic E-state index is -0.876. The van der Waals surface area contributed by atoms with Gasteiger partial charge in [0.2, 0.25) is 5.91 Å². The molecule has 1 aromatic carbocycles. The molecule has 2 amide bonds. The van der Waals surface area contributed by atoms with Gasteiger partial charge in [-0.05, 0) is 50.2 Å². The molecule has 0 aromatic heterocycles. The Bertz CT molecular complexity index is 742. The van der Waals surface area contributed by atoms with Gasteiger partial charge in [-0.2, -0.15) is 0 Å². The Morgan fingerprint density at radius 1 is 0.929 bits per heavy atom. The van der Waals surface area contributed by atoms with Gasteiger partial charge in [0.1, 0.15) is 6.04 Å². The van der Waals surface area contributed by atoms with Crippen molar-refractivity contribution in [3.63, 3.8) is 0 Å². The Hall–Kier alpha value is -2.37. The number of aliphatic carboxylic acids is 1. The lowest BCUT2D eigenvalue weighted by molar-refractivity contribution is -0.152. The summed E-state index contributed by atoms with van der Waals surface area (Å²) in [7, 11) is 0. The van der Waals surface area contributed by atoms with Crippen LogP contribution in [0.4, 0.5) is 0 Å². The van der Waals surface area contributed by atoms with E-state index in [-0.39, 0.29) is 23.8 Å². The van der Waals surface area contributed by atoms with Crippen molar-refractivity contribution in [1.82, 2.24) is 9.80 Å². The molecule has 1 saturated carbocycles. The largest absolute Gasteiger partial charge is 0.480 e. The maximum absolute atomic E-state index is 13.3. The number of nitrogens with zero attached hydrogens (tertiary/aromatic N) is 2. The van der Waals surface area contributed by atoms with Crippen molar-refractivity contribution in [2.75, 3.05) is 13.1 Å². The summed E-state index contributed by atoms with van der Waals surface area (Å²) in [6.07, 6.45) is 5.97. The highest BCUT2D eigenvalue weighted by molar-refractivity contribution is 5.94. The first kappa shape index (κ1) is 19.0. The molecule has 3 atom stereocenters. The van der Waals surface area contributed by atoms with E-state index in [0.717, 1.165) is 25.7 Å². The Kier molecular flexibility index (Phi) is 5.38. The fourth-order valence-corrected chi connectivity index (χ4v) is 5.30. The van der Waals surface area contributed by atoms with E-state index >= 15 is 0 Å². The minimum absolute atomic E-state index is 0.00317. The third kappa shape index (κ3) is 3.52. The van der Waals surface area contributed by atoms with Crippen molar-refractivity contribution >= 4 is 17.8 Å². The molecule has 1 N–H and O–H groups in total. The standard InChI is InChI=1S/C22H28N2O4/c25-20(15-6-2-1-3-7-15)23-12-10-16(11-13-23)21(26)24-18-9-5-4-8-17(18)14-19(24)22(27)28/h1-3,6-7,16-19H,4-5,8-14H2,(H,27,28). The molecule has 3 aliphatic rings. The van der Waals surface area contributed by atoms with Crippen molar-refractivity contribution in [2.24, 2.45) is 11.8 Å². The molecule has 2 aliphatic heterocycles. The van der Waals surface area contributed by atoms with Gasteiger partial charge in [0.15, 0.2) is 0 Å². The summed E-state index contributed by atoms with van der Waals surface area (Å²) >= 11 is 0. The number of benzene rings is 1. The molecule has 4 rings (SSSR count). The van der Waals surface area contributed by atoms with Crippen LogP contribution in [0.2, 0.25) is 0 Å². The zero-order chi connectivity index (χ0) is 19.7. The Morgan fingerprint density at radius 3 is 2.29 bits per heavy atom. The molecule has 0 radical (unpaired) electrons. The second-order valence-corrected chi connectivity index (χ2v) is 8.38. The number of fused-ring (bicyclic) bond motifs is 1. The topological polar surface area (TPSA) is 77.9 Å². The average Bonchev–Trinajstić information content (AvgIpc) is 3.13. The molecule has 6 heteroatoms. The third-order valence-electron chi connectivity index (χ3n) is 6.78. The third-order valence-corrected chi connectivity index (χ3v) is 6.78. The van der Waals surface area contributed by atoms with E-state index in [1.54, 1.807) is 9.80 Å². The second-order valence-electron chi connectivity index (χ2n) is 8.38. The normalized spacial score (nSPS) is 28.1. The molecule has 150 valence electrons. The summed E-state index contributed by atoms with van der Waals surface area (Å²) in [5.41, 5.74) is 0.669. The molecular formula is C22H28N2O4. The Balaban J connectivity index is 1.41. The first-order valence-corrected chi connectivity index (χ1v) is 10.5. The molecule has 28 heavy (non-hydrogen) atoms. The number of hydrogen-bond donors (Lipinski definition) is 1. The van der Waals surface area contributed by atoms with Crippen molar-refractivity contribution < 1.29 is 19.5 Å². The van der Waals surface area contributed by atoms with Crippen LogP contribution >= 0.6 is 0 Å². The quantitative estimate of drug-likeness (QED) is 0.869. The van der Waals surface area contributed by atoms with Gasteiger partial charge in [0, 0.05) is 30.6 Å². The molecule has 6 nitrogen and oxygen atoms in total. The number of carbonyl (C=O) groups is 3. The second kappa shape index (κ2) is 7.94. The van der Waals surface area contributed by atoms with Gasteiger partial charge in [-0.25, -0.2) is 4.79 Å². The predicted octanol–water partition coefficient (Wildman–Crippen LogP) is 2.78. The molecule has 2 saturated heterocycles. The number of rotatable bonds is 3. The van der Waals surface area contributed by atoms with Crippen molar-refractivity contribution in [3.05, 3.63) is 35.9 Å². The molecule has 2 heterocycles. The smallest absolute Gasteiger partial charge is 0.326 e. The number of carbonyl (C=O) groups excluding carboxylic acids is 2. The zero-order valence-electron chi connectivity index (χ0n) is 16.1. The van der Waals surface area contributed by atoms with E-state index in [0.29, 0.717) is 43.8 Å². The van der Waals surface area contributed by atoms with Crippen LogP contribution in [0, 0.1) is 11.8 Å². The van der Waals surface area contributed by atoms with Gasteiger partial charge in [0.05, 0.1) is 0 Å². The predicted molar refractivity (Wildman–Crippen MR) is 104 cm³/mol. The van der Waals surface area contributed by atoms with Crippen LogP contribution in [0.15, 0.2) is 30.3 Å². The maximum atomic E-state index is 13.3. The van der Waals surface area contributed by atoms with Crippen LogP contribution < -0.4 is 0 Å². The maximum Gasteiger partial charge on any atom is 0.326 e. The lowest BCUT2D eigenvalue weighted by Crippen LogP contribution is -2.51. The summed E-state index contributed by atoms with van der Waals surface area (Å²) in [5, 5.41) is 9.67. The van der Waals surface area contributed by atoms with Crippen LogP contribution in [0.1, 0.15) is 55.3 Å². The number of amides is 2. The van der Waals surface area contributed by atoms with Crippen LogP contribution in [-0.2, 0) is 9.59 Å². The number of piperidine rings is 1. The van der Waals surface area contributed by atoms with Gasteiger partial charge < -0.3 is 14.9 Å². The van der Waals surface area contributed by atoms with Gasteiger partial charge >= 0.3 is 5.97 Å². The van der Waals surface area contributed by atoms with Crippen molar-refractivity contribution in [2.45, 2.75) is 57.0 Å². The van der Waals surface area contributed by atoms with E-state index in [4.69, 9.17) is 0 Å². The highest BCUT2D eigenvalue weighted by Crippen LogP contribution is 2.41. The summed E-state index contributed by atoms with van der Waals surface area (Å²) in [4.78, 5) is 41.2. The van der Waals surface area contributed by atoms with E-state index in [1.165, 1.54) is 0 Å². The molecule has 1 aromatic rings. The summed E-state index contributed by atoms with van der Waals surface area (Å²) in [6.45, 7) is 1.09. The summed E-state index contributed by atoms with van der Waals surface area (Å²) < 4.78 is 0. The summed E-state index contributed by atoms with van der Waals surface area (Å²) in [6, 6.07) is 8.62. The van der Waals surface area contributed by atoms with Gasteiger partial charge in [-0.15, -0.1) is 0 Å². The fraction of sp³-hybridized carbons (Fsp3) is 0.591. The Morgan fingerprint density at radius 2 is 1.61 bits per heavy atom. The lowest BCUT2D eigenvalue weighted by atomic mass is 9.84. The van der Waals surface area contributed by atoms with Crippen LogP contribution in [0.3, 0.4) is 0 Å². The minimum Gasteiger partial charge on any atom is -0.480 e. The number of hydrogen-bond acceptors (Lipinski definition) is 3. The molecule has 0 bridgehead atoms. The molecule has 3 fully saturated rings. The van der Waals surface area contributed by atoms with Crippen LogP contribution in [0.5, 0.6) is 0 Å².